The molecular formula is C28H33ClN2O3S. The fourth-order valence-electron chi connectivity index (χ4n) is 4.09. The van der Waals surface area contributed by atoms with Crippen molar-refractivity contribution in [3.8, 4) is 5.75 Å². The highest BCUT2D eigenvalue weighted by molar-refractivity contribution is 7.91. The van der Waals surface area contributed by atoms with Crippen LogP contribution in [0.4, 0.5) is 0 Å². The van der Waals surface area contributed by atoms with E-state index in [1.54, 1.807) is 24.3 Å². The predicted octanol–water partition coefficient (Wildman–Crippen LogP) is 6.44. The number of pyridine rings is 1. The second-order valence-corrected chi connectivity index (χ2v) is 10.7. The van der Waals surface area contributed by atoms with E-state index >= 15 is 0 Å². The van der Waals surface area contributed by atoms with Gasteiger partial charge in [0.2, 0.25) is 9.84 Å². The lowest BCUT2D eigenvalue weighted by atomic mass is 10.1. The number of nitrogens with one attached hydrogen (secondary N) is 1. The van der Waals surface area contributed by atoms with Gasteiger partial charge in [-0.25, -0.2) is 8.42 Å². The lowest BCUT2D eigenvalue weighted by molar-refractivity contribution is 0.305. The highest BCUT2D eigenvalue weighted by Gasteiger charge is 2.27. The smallest absolute Gasteiger partial charge is 0.209 e. The summed E-state index contributed by atoms with van der Waals surface area (Å²) in [4.78, 5) is 0.660. The Morgan fingerprint density at radius 2 is 1.60 bits per heavy atom. The minimum atomic E-state index is -3.67. The average Bonchev–Trinajstić information content (AvgIpc) is 3.25. The summed E-state index contributed by atoms with van der Waals surface area (Å²) in [5, 5.41) is 3.50. The van der Waals surface area contributed by atoms with E-state index in [2.05, 4.69) is 24.4 Å². The van der Waals surface area contributed by atoms with Crippen LogP contribution in [0.15, 0.2) is 95.0 Å². The summed E-state index contributed by atoms with van der Waals surface area (Å²) in [6.07, 6.45) is 4.65. The minimum Gasteiger partial charge on any atom is -0.494 e. The zero-order valence-electron chi connectivity index (χ0n) is 20.3. The molecule has 0 saturated carbocycles. The Morgan fingerprint density at radius 3 is 2.29 bits per heavy atom. The molecule has 0 bridgehead atoms. The highest BCUT2D eigenvalue weighted by Crippen LogP contribution is 2.34. The molecule has 35 heavy (non-hydrogen) atoms. The fraction of sp³-hybridized carbons (Fsp3) is 0.286. The van der Waals surface area contributed by atoms with E-state index in [9.17, 15) is 8.42 Å². The maximum atomic E-state index is 13.6. The molecule has 5 nitrogen and oxygen atoms in total. The zero-order chi connectivity index (χ0) is 24.1. The molecule has 0 aliphatic rings. The second kappa shape index (κ2) is 11.8. The standard InChI is InChI=1S/C28H32N2O3S.ClH/c1-21(2)26-20-30-18-8-7-12-27(30)28(26)34(31,32)25-15-13-24(14-16-25)33-19-9-17-29-22(3)23-10-5-4-6-11-23;/h4-8,10-16,18,20-22,29H,9,17,19H2,1-3H3;1H. The van der Waals surface area contributed by atoms with Crippen molar-refractivity contribution in [2.45, 2.75) is 48.9 Å². The van der Waals surface area contributed by atoms with Gasteiger partial charge in [-0.1, -0.05) is 50.2 Å². The Bertz CT molecular complexity index is 1330. The molecule has 1 unspecified atom stereocenters. The molecule has 0 amide bonds. The van der Waals surface area contributed by atoms with Crippen LogP contribution in [0.5, 0.6) is 5.75 Å². The summed E-state index contributed by atoms with van der Waals surface area (Å²) in [6.45, 7) is 7.57. The molecular weight excluding hydrogens is 480 g/mol. The van der Waals surface area contributed by atoms with Gasteiger partial charge >= 0.3 is 0 Å². The zero-order valence-corrected chi connectivity index (χ0v) is 22.0. The summed E-state index contributed by atoms with van der Waals surface area (Å²) in [5.41, 5.74) is 2.78. The maximum absolute atomic E-state index is 13.6. The van der Waals surface area contributed by atoms with Crippen LogP contribution < -0.4 is 10.1 Å². The molecule has 0 spiro atoms. The molecule has 4 rings (SSSR count). The Kier molecular flexibility index (Phi) is 9.00. The van der Waals surface area contributed by atoms with Crippen molar-refractivity contribution in [3.63, 3.8) is 0 Å². The largest absolute Gasteiger partial charge is 0.494 e. The van der Waals surface area contributed by atoms with Gasteiger partial charge in [0.1, 0.15) is 10.6 Å². The molecule has 1 atom stereocenters. The number of halogens is 1. The number of nitrogens with zero attached hydrogens (tertiary/aromatic N) is 1. The van der Waals surface area contributed by atoms with E-state index < -0.39 is 9.84 Å². The van der Waals surface area contributed by atoms with Gasteiger partial charge in [0.25, 0.3) is 0 Å². The van der Waals surface area contributed by atoms with E-state index in [0.717, 1.165) is 18.5 Å². The summed E-state index contributed by atoms with van der Waals surface area (Å²) in [5.74, 6) is 0.756. The second-order valence-electron chi connectivity index (χ2n) is 8.82. The van der Waals surface area contributed by atoms with Crippen LogP contribution in [-0.2, 0) is 9.84 Å². The molecule has 0 aliphatic carbocycles. The number of benzene rings is 2. The fourth-order valence-corrected chi connectivity index (χ4v) is 5.87. The number of rotatable bonds is 10. The first-order chi connectivity index (χ1) is 16.4. The summed E-state index contributed by atoms with van der Waals surface area (Å²) < 4.78 is 34.9. The molecule has 1 N–H and O–H groups in total. The monoisotopic (exact) mass is 512 g/mol. The van der Waals surface area contributed by atoms with Crippen molar-refractivity contribution >= 4 is 27.8 Å². The van der Waals surface area contributed by atoms with Crippen LogP contribution in [0.3, 0.4) is 0 Å². The predicted molar refractivity (Wildman–Crippen MR) is 144 cm³/mol. The minimum absolute atomic E-state index is 0. The third-order valence-electron chi connectivity index (χ3n) is 6.03. The SMILES string of the molecule is CC(C)c1cn2ccccc2c1S(=O)(=O)c1ccc(OCCCNC(C)c2ccccc2)cc1.Cl. The normalized spacial score (nSPS) is 12.5. The quantitative estimate of drug-likeness (QED) is 0.248. The molecule has 2 aromatic heterocycles. The van der Waals surface area contributed by atoms with Crippen molar-refractivity contribution in [1.29, 1.82) is 0 Å². The van der Waals surface area contributed by atoms with Gasteiger partial charge in [-0.2, -0.15) is 0 Å². The van der Waals surface area contributed by atoms with Crippen LogP contribution in [0, 0.1) is 0 Å². The van der Waals surface area contributed by atoms with Crippen LogP contribution in [0.25, 0.3) is 5.52 Å². The molecule has 0 fully saturated rings. The van der Waals surface area contributed by atoms with Crippen molar-refractivity contribution in [3.05, 3.63) is 96.3 Å². The average molecular weight is 513 g/mol. The van der Waals surface area contributed by atoms with Gasteiger partial charge in [-0.15, -0.1) is 12.4 Å². The van der Waals surface area contributed by atoms with Crippen LogP contribution >= 0.6 is 12.4 Å². The van der Waals surface area contributed by atoms with Crippen molar-refractivity contribution in [2.24, 2.45) is 0 Å². The molecule has 0 saturated heterocycles. The number of ether oxygens (including phenoxy) is 1. The summed E-state index contributed by atoms with van der Waals surface area (Å²) in [7, 11) is -3.67. The summed E-state index contributed by atoms with van der Waals surface area (Å²) in [6, 6.07) is 23.0. The first-order valence-corrected chi connectivity index (χ1v) is 13.2. The maximum Gasteiger partial charge on any atom is 0.209 e. The Morgan fingerprint density at radius 1 is 0.914 bits per heavy atom. The number of aromatic nitrogens is 1. The van der Waals surface area contributed by atoms with E-state index in [1.165, 1.54) is 5.56 Å². The number of hydrogen-bond acceptors (Lipinski definition) is 4. The first-order valence-electron chi connectivity index (χ1n) is 11.7. The van der Waals surface area contributed by atoms with E-state index in [4.69, 9.17) is 4.74 Å². The van der Waals surface area contributed by atoms with Gasteiger partial charge in [0, 0.05) is 18.4 Å². The van der Waals surface area contributed by atoms with Gasteiger partial charge in [0.05, 0.1) is 17.0 Å². The van der Waals surface area contributed by atoms with Crippen LogP contribution in [-0.4, -0.2) is 26.0 Å². The van der Waals surface area contributed by atoms with Gasteiger partial charge < -0.3 is 14.5 Å². The Labute approximate surface area is 214 Å². The van der Waals surface area contributed by atoms with Crippen LogP contribution in [0.2, 0.25) is 0 Å². The Balaban J connectivity index is 0.00000342. The van der Waals surface area contributed by atoms with Crippen LogP contribution in [0.1, 0.15) is 50.3 Å². The number of hydrogen-bond donors (Lipinski definition) is 1. The summed E-state index contributed by atoms with van der Waals surface area (Å²) >= 11 is 0. The van der Waals surface area contributed by atoms with Crippen molar-refractivity contribution < 1.29 is 13.2 Å². The lowest BCUT2D eigenvalue weighted by Crippen LogP contribution is -2.21. The number of fused-ring (bicyclic) bond motifs is 1. The van der Waals surface area contributed by atoms with E-state index in [-0.39, 0.29) is 29.3 Å². The van der Waals surface area contributed by atoms with Gasteiger partial charge in [-0.3, -0.25) is 0 Å². The molecule has 2 aromatic carbocycles. The Hall–Kier alpha value is -2.80. The third-order valence-corrected chi connectivity index (χ3v) is 7.90. The molecule has 7 heteroatoms. The third kappa shape index (κ3) is 6.07. The molecule has 2 heterocycles. The molecule has 0 radical (unpaired) electrons. The van der Waals surface area contributed by atoms with Gasteiger partial charge in [0.15, 0.2) is 0 Å². The first kappa shape index (κ1) is 26.8. The highest BCUT2D eigenvalue weighted by atomic mass is 35.5. The van der Waals surface area contributed by atoms with E-state index in [1.807, 2.05) is 67.0 Å². The topological polar surface area (TPSA) is 59.8 Å². The van der Waals surface area contributed by atoms with Crippen molar-refractivity contribution in [1.82, 2.24) is 9.72 Å². The van der Waals surface area contributed by atoms with Gasteiger partial charge in [-0.05, 0) is 73.3 Å². The lowest BCUT2D eigenvalue weighted by Gasteiger charge is -2.14. The molecule has 4 aromatic rings. The van der Waals surface area contributed by atoms with E-state index in [0.29, 0.717) is 22.8 Å². The molecule has 0 aliphatic heterocycles. The van der Waals surface area contributed by atoms with Crippen molar-refractivity contribution in [2.75, 3.05) is 13.2 Å². The molecule has 186 valence electrons. The number of sulfone groups is 1.